The number of rotatable bonds is 16. The molecule has 0 rings (SSSR count). The Morgan fingerprint density at radius 1 is 0.571 bits per heavy atom. The van der Waals surface area contributed by atoms with Gasteiger partial charge in [-0.05, 0) is 31.3 Å². The van der Waals surface area contributed by atoms with Gasteiger partial charge >= 0.3 is 0 Å². The summed E-state index contributed by atoms with van der Waals surface area (Å²) in [6, 6.07) is 0. The summed E-state index contributed by atoms with van der Waals surface area (Å²) >= 11 is 0. The van der Waals surface area contributed by atoms with Crippen LogP contribution in [0.15, 0.2) is 11.8 Å². The molecule has 0 aliphatic carbocycles. The molecule has 0 aromatic rings. The van der Waals surface area contributed by atoms with Gasteiger partial charge in [0.25, 0.3) is 0 Å². The largest absolute Gasteiger partial charge is 0.516 e. The van der Waals surface area contributed by atoms with Crippen molar-refractivity contribution < 1.29 is 5.11 Å². The molecule has 0 atom stereocenters. The lowest BCUT2D eigenvalue weighted by Gasteiger charge is -2.06. The van der Waals surface area contributed by atoms with Gasteiger partial charge in [0.15, 0.2) is 0 Å². The Morgan fingerprint density at radius 2 is 0.905 bits per heavy atom. The zero-order chi connectivity index (χ0) is 15.6. The summed E-state index contributed by atoms with van der Waals surface area (Å²) in [5.41, 5.74) is 1.27. The van der Waals surface area contributed by atoms with E-state index in [0.717, 1.165) is 12.8 Å². The van der Waals surface area contributed by atoms with E-state index in [-0.39, 0.29) is 0 Å². The molecule has 1 N–H and O–H groups in total. The third-order valence-electron chi connectivity index (χ3n) is 4.39. The monoisotopic (exact) mass is 296 g/mol. The molecule has 0 fully saturated rings. The van der Waals surface area contributed by atoms with E-state index in [1.165, 1.54) is 102 Å². The van der Waals surface area contributed by atoms with Gasteiger partial charge < -0.3 is 5.11 Å². The molecule has 0 saturated heterocycles. The third-order valence-corrected chi connectivity index (χ3v) is 4.39. The maximum atomic E-state index is 9.30. The maximum Gasteiger partial charge on any atom is 0.0783 e. The van der Waals surface area contributed by atoms with Crippen LogP contribution in [0.5, 0.6) is 0 Å². The summed E-state index contributed by atoms with van der Waals surface area (Å²) in [4.78, 5) is 0. The average molecular weight is 297 g/mol. The van der Waals surface area contributed by atoms with Crippen molar-refractivity contribution >= 4 is 0 Å². The van der Waals surface area contributed by atoms with Crippen molar-refractivity contribution in [1.82, 2.24) is 0 Å². The first kappa shape index (κ1) is 20.5. The van der Waals surface area contributed by atoms with E-state index in [4.69, 9.17) is 0 Å². The van der Waals surface area contributed by atoms with Gasteiger partial charge in [0.1, 0.15) is 0 Å². The van der Waals surface area contributed by atoms with E-state index >= 15 is 0 Å². The van der Waals surface area contributed by atoms with Crippen molar-refractivity contribution in [1.29, 1.82) is 0 Å². The SMILES string of the molecule is CCCCCCCCCCC(=CO)CCCCCCCC. The normalized spacial score (nSPS) is 12.0. The maximum absolute atomic E-state index is 9.30. The molecule has 0 aromatic heterocycles. The highest BCUT2D eigenvalue weighted by atomic mass is 16.2. The summed E-state index contributed by atoms with van der Waals surface area (Å²) in [5.74, 6) is 0. The van der Waals surface area contributed by atoms with E-state index in [1.54, 1.807) is 0 Å². The van der Waals surface area contributed by atoms with Crippen LogP contribution in [0, 0.1) is 0 Å². The van der Waals surface area contributed by atoms with Crippen molar-refractivity contribution in [3.8, 4) is 0 Å². The fourth-order valence-corrected chi connectivity index (χ4v) is 2.87. The number of hydrogen-bond acceptors (Lipinski definition) is 1. The summed E-state index contributed by atoms with van der Waals surface area (Å²) in [7, 11) is 0. The lowest BCUT2D eigenvalue weighted by molar-refractivity contribution is 0.456. The highest BCUT2D eigenvalue weighted by Gasteiger charge is 1.99. The molecule has 0 saturated carbocycles. The van der Waals surface area contributed by atoms with Gasteiger partial charge in [0, 0.05) is 0 Å². The molecular weight excluding hydrogens is 256 g/mol. The van der Waals surface area contributed by atoms with Crippen molar-refractivity contribution in [2.45, 2.75) is 117 Å². The molecule has 0 aliphatic heterocycles. The van der Waals surface area contributed by atoms with Gasteiger partial charge in [-0.1, -0.05) is 90.9 Å². The zero-order valence-corrected chi connectivity index (χ0v) is 14.8. The summed E-state index contributed by atoms with van der Waals surface area (Å²) < 4.78 is 0. The Kier molecular flexibility index (Phi) is 17.2. The highest BCUT2D eigenvalue weighted by molar-refractivity contribution is 4.96. The summed E-state index contributed by atoms with van der Waals surface area (Å²) in [5, 5.41) is 9.30. The minimum absolute atomic E-state index is 1.11. The van der Waals surface area contributed by atoms with E-state index in [0.29, 0.717) is 0 Å². The fraction of sp³-hybridized carbons (Fsp3) is 0.900. The van der Waals surface area contributed by atoms with Crippen LogP contribution < -0.4 is 0 Å². The fourth-order valence-electron chi connectivity index (χ4n) is 2.87. The Morgan fingerprint density at radius 3 is 1.24 bits per heavy atom. The second-order valence-corrected chi connectivity index (χ2v) is 6.53. The minimum Gasteiger partial charge on any atom is -0.516 e. The molecule has 0 radical (unpaired) electrons. The van der Waals surface area contributed by atoms with Gasteiger partial charge in [-0.3, -0.25) is 0 Å². The van der Waals surface area contributed by atoms with Crippen LogP contribution in [0.4, 0.5) is 0 Å². The van der Waals surface area contributed by atoms with Crippen LogP contribution in [-0.2, 0) is 0 Å². The number of unbranched alkanes of at least 4 members (excludes halogenated alkanes) is 12. The predicted octanol–water partition coefficient (Wildman–Crippen LogP) is 7.71. The van der Waals surface area contributed by atoms with Crippen molar-refractivity contribution in [3.05, 3.63) is 11.8 Å². The summed E-state index contributed by atoms with van der Waals surface area (Å²) in [6.45, 7) is 4.53. The number of allylic oxidation sites excluding steroid dienone is 1. The van der Waals surface area contributed by atoms with Crippen molar-refractivity contribution in [2.24, 2.45) is 0 Å². The van der Waals surface area contributed by atoms with E-state index < -0.39 is 0 Å². The molecule has 126 valence electrons. The van der Waals surface area contributed by atoms with Gasteiger partial charge in [-0.25, -0.2) is 0 Å². The van der Waals surface area contributed by atoms with Gasteiger partial charge in [-0.2, -0.15) is 0 Å². The van der Waals surface area contributed by atoms with Gasteiger partial charge in [0.2, 0.25) is 0 Å². The second-order valence-electron chi connectivity index (χ2n) is 6.53. The summed E-state index contributed by atoms with van der Waals surface area (Å²) in [6.07, 6.45) is 22.6. The standard InChI is InChI=1S/C20H40O/c1-3-5-7-9-11-12-14-16-18-20(19-21)17-15-13-10-8-6-4-2/h19,21H,3-18H2,1-2H3. The highest BCUT2D eigenvalue weighted by Crippen LogP contribution is 2.18. The molecule has 0 amide bonds. The van der Waals surface area contributed by atoms with E-state index in [9.17, 15) is 5.11 Å². The van der Waals surface area contributed by atoms with Crippen LogP contribution in [0.2, 0.25) is 0 Å². The second kappa shape index (κ2) is 17.6. The Labute approximate surface area is 134 Å². The zero-order valence-electron chi connectivity index (χ0n) is 14.8. The van der Waals surface area contributed by atoms with Crippen molar-refractivity contribution in [3.63, 3.8) is 0 Å². The number of aliphatic hydroxyl groups excluding tert-OH is 1. The number of hydrogen-bond donors (Lipinski definition) is 1. The molecule has 1 nitrogen and oxygen atoms in total. The van der Waals surface area contributed by atoms with E-state index in [1.807, 2.05) is 0 Å². The molecule has 0 heterocycles. The Balaban J connectivity index is 3.33. The smallest absolute Gasteiger partial charge is 0.0783 e. The van der Waals surface area contributed by atoms with Crippen molar-refractivity contribution in [2.75, 3.05) is 0 Å². The first-order valence-electron chi connectivity index (χ1n) is 9.67. The quantitative estimate of drug-likeness (QED) is 0.228. The van der Waals surface area contributed by atoms with Crippen LogP contribution in [0.1, 0.15) is 117 Å². The Bertz CT molecular complexity index is 220. The molecular formula is C20H40O. The average Bonchev–Trinajstić information content (AvgIpc) is 2.51. The minimum atomic E-state index is 1.11. The lowest BCUT2D eigenvalue weighted by atomic mass is 10.0. The van der Waals surface area contributed by atoms with Crippen LogP contribution >= 0.6 is 0 Å². The third kappa shape index (κ3) is 15.7. The van der Waals surface area contributed by atoms with Gasteiger partial charge in [0.05, 0.1) is 6.26 Å². The molecule has 0 aliphatic rings. The predicted molar refractivity (Wildman–Crippen MR) is 95.9 cm³/mol. The topological polar surface area (TPSA) is 20.2 Å². The van der Waals surface area contributed by atoms with Crippen LogP contribution in [0.3, 0.4) is 0 Å². The lowest BCUT2D eigenvalue weighted by Crippen LogP contribution is -1.88. The molecule has 0 aromatic carbocycles. The molecule has 1 heteroatoms. The van der Waals surface area contributed by atoms with Gasteiger partial charge in [-0.15, -0.1) is 0 Å². The number of aliphatic hydroxyl groups is 1. The molecule has 21 heavy (non-hydrogen) atoms. The van der Waals surface area contributed by atoms with E-state index in [2.05, 4.69) is 13.8 Å². The molecule has 0 bridgehead atoms. The van der Waals surface area contributed by atoms with Crippen LogP contribution in [-0.4, -0.2) is 5.11 Å². The Hall–Kier alpha value is -0.460. The molecule has 0 unspecified atom stereocenters. The molecule has 0 spiro atoms. The van der Waals surface area contributed by atoms with Crippen LogP contribution in [0.25, 0.3) is 0 Å². The first-order valence-corrected chi connectivity index (χ1v) is 9.67. The first-order chi connectivity index (χ1) is 10.3.